The first-order chi connectivity index (χ1) is 3.72. The number of rotatable bonds is 2. The van der Waals surface area contributed by atoms with Crippen LogP contribution < -0.4 is 0 Å². The second-order valence-electron chi connectivity index (χ2n) is 1.10. The van der Waals surface area contributed by atoms with Gasteiger partial charge in [-0.25, -0.2) is 0 Å². The van der Waals surface area contributed by atoms with Crippen molar-refractivity contribution >= 4 is 47.8 Å². The molecular formula is C4H5Br3O. The highest BCUT2D eigenvalue weighted by Crippen LogP contribution is 2.18. The summed E-state index contributed by atoms with van der Waals surface area (Å²) in [7, 11) is 0. The van der Waals surface area contributed by atoms with Gasteiger partial charge in [-0.1, -0.05) is 47.8 Å². The molecule has 0 atom stereocenters. The molecule has 0 radical (unpaired) electrons. The van der Waals surface area contributed by atoms with Crippen molar-refractivity contribution in [2.75, 3.05) is 11.9 Å². The highest BCUT2D eigenvalue weighted by molar-refractivity contribution is 9.15. The van der Waals surface area contributed by atoms with Crippen molar-refractivity contribution < 1.29 is 5.11 Å². The van der Waals surface area contributed by atoms with Crippen LogP contribution in [0.1, 0.15) is 0 Å². The molecule has 4 heteroatoms. The van der Waals surface area contributed by atoms with Crippen molar-refractivity contribution in [3.8, 4) is 0 Å². The van der Waals surface area contributed by atoms with E-state index in [1.807, 2.05) is 0 Å². The smallest absolute Gasteiger partial charge is 0.0755 e. The van der Waals surface area contributed by atoms with E-state index in [0.29, 0.717) is 0 Å². The highest BCUT2D eigenvalue weighted by atomic mass is 79.9. The lowest BCUT2D eigenvalue weighted by Gasteiger charge is -1.93. The molecule has 0 fully saturated rings. The van der Waals surface area contributed by atoms with Crippen molar-refractivity contribution in [2.45, 2.75) is 0 Å². The molecule has 0 unspecified atom stereocenters. The predicted molar refractivity (Wildman–Crippen MR) is 45.8 cm³/mol. The number of halogens is 3. The molecule has 0 heterocycles. The molecule has 0 aliphatic heterocycles. The van der Waals surface area contributed by atoms with Crippen LogP contribution in [-0.4, -0.2) is 17.0 Å². The maximum absolute atomic E-state index is 8.48. The standard InChI is InChI=1S/C4H5Br3O/c5-1-3(6)4(7)2-8/h8H,1-2H2. The molecule has 48 valence electrons. The van der Waals surface area contributed by atoms with Gasteiger partial charge in [0.05, 0.1) is 6.61 Å². The third-order valence-electron chi connectivity index (χ3n) is 0.550. The van der Waals surface area contributed by atoms with E-state index in [4.69, 9.17) is 5.11 Å². The second kappa shape index (κ2) is 4.97. The Morgan fingerprint density at radius 2 is 1.75 bits per heavy atom. The van der Waals surface area contributed by atoms with E-state index in [1.165, 1.54) is 0 Å². The van der Waals surface area contributed by atoms with E-state index in [2.05, 4.69) is 47.8 Å². The van der Waals surface area contributed by atoms with Crippen LogP contribution in [0.3, 0.4) is 0 Å². The molecule has 0 saturated carbocycles. The van der Waals surface area contributed by atoms with Crippen molar-refractivity contribution in [3.63, 3.8) is 0 Å². The highest BCUT2D eigenvalue weighted by Gasteiger charge is 1.94. The summed E-state index contributed by atoms with van der Waals surface area (Å²) >= 11 is 9.59. The normalized spacial score (nSPS) is 13.5. The lowest BCUT2D eigenvalue weighted by atomic mass is 10.6. The minimum Gasteiger partial charge on any atom is -0.391 e. The van der Waals surface area contributed by atoms with E-state index >= 15 is 0 Å². The molecule has 0 aromatic heterocycles. The van der Waals surface area contributed by atoms with Crippen molar-refractivity contribution in [1.29, 1.82) is 0 Å². The molecule has 0 aliphatic rings. The van der Waals surface area contributed by atoms with Gasteiger partial charge in [-0.3, -0.25) is 0 Å². The fourth-order valence-electron chi connectivity index (χ4n) is 0.158. The monoisotopic (exact) mass is 306 g/mol. The minimum atomic E-state index is 0.0478. The van der Waals surface area contributed by atoms with E-state index < -0.39 is 0 Å². The van der Waals surface area contributed by atoms with Gasteiger partial charge >= 0.3 is 0 Å². The van der Waals surface area contributed by atoms with E-state index in [-0.39, 0.29) is 6.61 Å². The van der Waals surface area contributed by atoms with Crippen LogP contribution >= 0.6 is 47.8 Å². The average Bonchev–Trinajstić information content (AvgIpc) is 1.84. The number of alkyl halides is 1. The van der Waals surface area contributed by atoms with Crippen molar-refractivity contribution in [2.24, 2.45) is 0 Å². The van der Waals surface area contributed by atoms with E-state index in [1.54, 1.807) is 0 Å². The Labute approximate surface area is 73.5 Å². The molecule has 1 N–H and O–H groups in total. The maximum atomic E-state index is 8.48. The zero-order valence-electron chi connectivity index (χ0n) is 4.00. The first-order valence-corrected chi connectivity index (χ1v) is 4.63. The summed E-state index contributed by atoms with van der Waals surface area (Å²) in [6.45, 7) is 0.0478. The Balaban J connectivity index is 3.83. The van der Waals surface area contributed by atoms with Crippen LogP contribution in [0.2, 0.25) is 0 Å². The van der Waals surface area contributed by atoms with Crippen LogP contribution in [0.4, 0.5) is 0 Å². The maximum Gasteiger partial charge on any atom is 0.0755 e. The zero-order valence-corrected chi connectivity index (χ0v) is 8.75. The topological polar surface area (TPSA) is 20.2 Å². The first-order valence-electron chi connectivity index (χ1n) is 1.92. The van der Waals surface area contributed by atoms with Gasteiger partial charge in [0.1, 0.15) is 0 Å². The molecular weight excluding hydrogens is 304 g/mol. The summed E-state index contributed by atoms with van der Waals surface area (Å²) < 4.78 is 1.73. The molecule has 0 amide bonds. The van der Waals surface area contributed by atoms with Gasteiger partial charge in [0.15, 0.2) is 0 Å². The zero-order chi connectivity index (χ0) is 6.57. The quantitative estimate of drug-likeness (QED) is 0.777. The summed E-state index contributed by atoms with van der Waals surface area (Å²) in [5.74, 6) is 0. The van der Waals surface area contributed by atoms with Gasteiger partial charge in [0.2, 0.25) is 0 Å². The summed E-state index contributed by atoms with van der Waals surface area (Å²) in [4.78, 5) is 0. The van der Waals surface area contributed by atoms with Crippen LogP contribution in [-0.2, 0) is 0 Å². The number of hydrogen-bond acceptors (Lipinski definition) is 1. The van der Waals surface area contributed by atoms with E-state index in [9.17, 15) is 0 Å². The summed E-state index contributed by atoms with van der Waals surface area (Å²) in [5.41, 5.74) is 0. The molecule has 0 aromatic rings. The molecule has 1 nitrogen and oxygen atoms in total. The van der Waals surface area contributed by atoms with Crippen LogP contribution in [0, 0.1) is 0 Å². The number of aliphatic hydroxyl groups excluding tert-OH is 1. The van der Waals surface area contributed by atoms with Gasteiger partial charge in [-0.05, 0) is 0 Å². The predicted octanol–water partition coefficient (Wildman–Crippen LogP) is 2.38. The van der Waals surface area contributed by atoms with Gasteiger partial charge in [-0.15, -0.1) is 0 Å². The van der Waals surface area contributed by atoms with Crippen molar-refractivity contribution in [3.05, 3.63) is 8.96 Å². The van der Waals surface area contributed by atoms with Crippen LogP contribution in [0.5, 0.6) is 0 Å². The van der Waals surface area contributed by atoms with Crippen molar-refractivity contribution in [1.82, 2.24) is 0 Å². The number of allylic oxidation sites excluding steroid dienone is 1. The Kier molecular flexibility index (Phi) is 5.68. The van der Waals surface area contributed by atoms with E-state index in [0.717, 1.165) is 14.3 Å². The first kappa shape index (κ1) is 9.14. The Morgan fingerprint density at radius 3 is 1.88 bits per heavy atom. The second-order valence-corrected chi connectivity index (χ2v) is 3.58. The summed E-state index contributed by atoms with van der Waals surface area (Å²) in [6.07, 6.45) is 0. The Hall–Kier alpha value is 1.14. The molecule has 0 saturated heterocycles. The SMILES string of the molecule is OCC(Br)=C(Br)CBr. The van der Waals surface area contributed by atoms with Gasteiger partial charge in [0.25, 0.3) is 0 Å². The number of aliphatic hydroxyl groups is 1. The molecule has 0 rings (SSSR count). The molecule has 8 heavy (non-hydrogen) atoms. The fraction of sp³-hybridized carbons (Fsp3) is 0.500. The Morgan fingerprint density at radius 1 is 1.25 bits per heavy atom. The lowest BCUT2D eigenvalue weighted by Crippen LogP contribution is -1.84. The van der Waals surface area contributed by atoms with Gasteiger partial charge in [0, 0.05) is 14.3 Å². The third-order valence-corrected chi connectivity index (χ3v) is 3.88. The summed E-state index contributed by atoms with van der Waals surface area (Å²) in [6, 6.07) is 0. The molecule has 0 aromatic carbocycles. The minimum absolute atomic E-state index is 0.0478. The summed E-state index contributed by atoms with van der Waals surface area (Å²) in [5, 5.41) is 9.21. The van der Waals surface area contributed by atoms with Crippen LogP contribution in [0.25, 0.3) is 0 Å². The number of hydrogen-bond donors (Lipinski definition) is 1. The van der Waals surface area contributed by atoms with Crippen LogP contribution in [0.15, 0.2) is 8.96 Å². The largest absolute Gasteiger partial charge is 0.391 e. The average molecular weight is 309 g/mol. The molecule has 0 bridgehead atoms. The molecule has 0 aliphatic carbocycles. The lowest BCUT2D eigenvalue weighted by molar-refractivity contribution is 0.340. The van der Waals surface area contributed by atoms with Gasteiger partial charge in [-0.2, -0.15) is 0 Å². The molecule has 0 spiro atoms. The fourth-order valence-corrected chi connectivity index (χ4v) is 1.14. The third kappa shape index (κ3) is 3.22. The van der Waals surface area contributed by atoms with Gasteiger partial charge < -0.3 is 5.11 Å². The Bertz CT molecular complexity index is 87.5.